The Balaban J connectivity index is 1.38. The number of imide groups is 1. The number of piperidine rings is 1. The van der Waals surface area contributed by atoms with E-state index in [0.717, 1.165) is 31.5 Å². The standard InChI is InChI=1S/C22H24N2O3/c25-19-8-6-17(7-9-19)18-10-12-23(13-11-18)20-14-21(26)24(22(20)27)15-16-4-2-1-3-5-16/h1-9,18,20,25H,10-15H2/t20-/m1/s1. The molecule has 1 N–H and O–H groups in total. The first-order chi connectivity index (χ1) is 13.1. The molecule has 2 amide bonds. The fraction of sp³-hybridized carbons (Fsp3) is 0.364. The van der Waals surface area contributed by atoms with Gasteiger partial charge in [-0.05, 0) is 55.1 Å². The molecule has 0 aromatic heterocycles. The number of phenols is 1. The summed E-state index contributed by atoms with van der Waals surface area (Å²) in [6.45, 7) is 1.99. The molecule has 2 fully saturated rings. The Kier molecular flexibility index (Phi) is 4.94. The predicted molar refractivity (Wildman–Crippen MR) is 102 cm³/mol. The van der Waals surface area contributed by atoms with Crippen molar-refractivity contribution in [3.63, 3.8) is 0 Å². The van der Waals surface area contributed by atoms with Crippen molar-refractivity contribution in [3.05, 3.63) is 65.7 Å². The van der Waals surface area contributed by atoms with E-state index >= 15 is 0 Å². The summed E-state index contributed by atoms with van der Waals surface area (Å²) >= 11 is 0. The lowest BCUT2D eigenvalue weighted by Gasteiger charge is -2.35. The second kappa shape index (κ2) is 7.53. The highest BCUT2D eigenvalue weighted by Gasteiger charge is 2.42. The van der Waals surface area contributed by atoms with E-state index in [0.29, 0.717) is 12.5 Å². The Bertz CT molecular complexity index is 811. The third kappa shape index (κ3) is 3.74. The Morgan fingerprint density at radius 1 is 0.926 bits per heavy atom. The van der Waals surface area contributed by atoms with E-state index in [1.54, 1.807) is 12.1 Å². The molecule has 2 saturated heterocycles. The zero-order valence-electron chi connectivity index (χ0n) is 15.3. The third-order valence-electron chi connectivity index (χ3n) is 5.74. The van der Waals surface area contributed by atoms with Crippen LogP contribution in [0.15, 0.2) is 54.6 Å². The lowest BCUT2D eigenvalue weighted by atomic mass is 9.89. The highest BCUT2D eigenvalue weighted by atomic mass is 16.3. The smallest absolute Gasteiger partial charge is 0.247 e. The number of rotatable bonds is 4. The van der Waals surface area contributed by atoms with Gasteiger partial charge >= 0.3 is 0 Å². The van der Waals surface area contributed by atoms with Crippen LogP contribution in [0.1, 0.15) is 36.3 Å². The van der Waals surface area contributed by atoms with Crippen LogP contribution in [-0.2, 0) is 16.1 Å². The molecule has 140 valence electrons. The highest BCUT2D eigenvalue weighted by molar-refractivity contribution is 6.05. The van der Waals surface area contributed by atoms with Crippen LogP contribution in [0.25, 0.3) is 0 Å². The van der Waals surface area contributed by atoms with Gasteiger partial charge in [0.15, 0.2) is 0 Å². The number of nitrogens with zero attached hydrogens (tertiary/aromatic N) is 2. The molecule has 5 nitrogen and oxygen atoms in total. The summed E-state index contributed by atoms with van der Waals surface area (Å²) in [4.78, 5) is 28.8. The predicted octanol–water partition coefficient (Wildman–Crippen LogP) is 2.90. The molecule has 4 rings (SSSR count). The summed E-state index contributed by atoms with van der Waals surface area (Å²) in [5.41, 5.74) is 2.21. The second-order valence-corrected chi connectivity index (χ2v) is 7.43. The van der Waals surface area contributed by atoms with Gasteiger partial charge in [0.25, 0.3) is 0 Å². The molecule has 0 aliphatic carbocycles. The van der Waals surface area contributed by atoms with E-state index in [4.69, 9.17) is 0 Å². The number of hydrogen-bond acceptors (Lipinski definition) is 4. The summed E-state index contributed by atoms with van der Waals surface area (Å²) in [7, 11) is 0. The van der Waals surface area contributed by atoms with Crippen molar-refractivity contribution >= 4 is 11.8 Å². The molecular formula is C22H24N2O3. The van der Waals surface area contributed by atoms with E-state index < -0.39 is 0 Å². The van der Waals surface area contributed by atoms with E-state index in [1.165, 1.54) is 10.5 Å². The first-order valence-corrected chi connectivity index (χ1v) is 9.53. The molecule has 0 unspecified atom stereocenters. The maximum atomic E-state index is 12.8. The summed E-state index contributed by atoms with van der Waals surface area (Å²) < 4.78 is 0. The number of aromatic hydroxyl groups is 1. The second-order valence-electron chi connectivity index (χ2n) is 7.43. The van der Waals surface area contributed by atoms with Crippen LogP contribution >= 0.6 is 0 Å². The van der Waals surface area contributed by atoms with Crippen molar-refractivity contribution in [2.75, 3.05) is 13.1 Å². The molecule has 2 aromatic rings. The quantitative estimate of drug-likeness (QED) is 0.848. The Labute approximate surface area is 159 Å². The van der Waals surface area contributed by atoms with Gasteiger partial charge < -0.3 is 5.11 Å². The average molecular weight is 364 g/mol. The van der Waals surface area contributed by atoms with Crippen LogP contribution in [0.4, 0.5) is 0 Å². The Hall–Kier alpha value is -2.66. The van der Waals surface area contributed by atoms with Gasteiger partial charge in [-0.2, -0.15) is 0 Å². The maximum absolute atomic E-state index is 12.8. The highest BCUT2D eigenvalue weighted by Crippen LogP contribution is 2.32. The van der Waals surface area contributed by atoms with Crippen LogP contribution in [0.2, 0.25) is 0 Å². The monoisotopic (exact) mass is 364 g/mol. The van der Waals surface area contributed by atoms with E-state index in [2.05, 4.69) is 4.90 Å². The number of benzene rings is 2. The van der Waals surface area contributed by atoms with Gasteiger partial charge in [-0.25, -0.2) is 0 Å². The van der Waals surface area contributed by atoms with Crippen LogP contribution in [0.3, 0.4) is 0 Å². The van der Waals surface area contributed by atoms with Crippen molar-refractivity contribution in [1.29, 1.82) is 0 Å². The van der Waals surface area contributed by atoms with Gasteiger partial charge in [-0.1, -0.05) is 42.5 Å². The number of amides is 2. The molecule has 2 aromatic carbocycles. The van der Waals surface area contributed by atoms with Crippen molar-refractivity contribution < 1.29 is 14.7 Å². The van der Waals surface area contributed by atoms with Gasteiger partial charge in [0.2, 0.25) is 11.8 Å². The summed E-state index contributed by atoms with van der Waals surface area (Å²) in [5, 5.41) is 9.44. The average Bonchev–Trinajstić information content (AvgIpc) is 2.98. The molecule has 0 bridgehead atoms. The number of carbonyl (C=O) groups excluding carboxylic acids is 2. The first kappa shape index (κ1) is 17.7. The number of carbonyl (C=O) groups is 2. The molecule has 1 atom stereocenters. The third-order valence-corrected chi connectivity index (χ3v) is 5.74. The fourth-order valence-corrected chi connectivity index (χ4v) is 4.17. The summed E-state index contributed by atoms with van der Waals surface area (Å²) in [6.07, 6.45) is 2.21. The minimum atomic E-state index is -0.318. The van der Waals surface area contributed by atoms with Crippen LogP contribution in [0, 0.1) is 0 Å². The van der Waals surface area contributed by atoms with Crippen LogP contribution in [-0.4, -0.2) is 45.9 Å². The normalized spacial score (nSPS) is 21.8. The van der Waals surface area contributed by atoms with Crippen LogP contribution in [0.5, 0.6) is 5.75 Å². The van der Waals surface area contributed by atoms with E-state index in [1.807, 2.05) is 42.5 Å². The molecule has 0 saturated carbocycles. The molecule has 2 heterocycles. The Morgan fingerprint density at radius 2 is 1.59 bits per heavy atom. The van der Waals surface area contributed by atoms with Crippen molar-refractivity contribution in [1.82, 2.24) is 9.80 Å². The number of likely N-dealkylation sites (tertiary alicyclic amines) is 2. The molecule has 2 aliphatic rings. The molecule has 5 heteroatoms. The Morgan fingerprint density at radius 3 is 2.26 bits per heavy atom. The lowest BCUT2D eigenvalue weighted by Crippen LogP contribution is -2.45. The summed E-state index contributed by atoms with van der Waals surface area (Å²) in [5.74, 6) is 0.584. The number of phenolic OH excluding ortho intramolecular Hbond substituents is 1. The molecular weight excluding hydrogens is 340 g/mol. The van der Waals surface area contributed by atoms with Gasteiger partial charge in [-0.3, -0.25) is 19.4 Å². The molecule has 27 heavy (non-hydrogen) atoms. The lowest BCUT2D eigenvalue weighted by molar-refractivity contribution is -0.140. The van der Waals surface area contributed by atoms with Gasteiger partial charge in [0.1, 0.15) is 5.75 Å². The largest absolute Gasteiger partial charge is 0.508 e. The first-order valence-electron chi connectivity index (χ1n) is 9.53. The number of hydrogen-bond donors (Lipinski definition) is 1. The van der Waals surface area contributed by atoms with E-state index in [-0.39, 0.29) is 30.0 Å². The molecule has 0 spiro atoms. The molecule has 2 aliphatic heterocycles. The maximum Gasteiger partial charge on any atom is 0.247 e. The van der Waals surface area contributed by atoms with E-state index in [9.17, 15) is 14.7 Å². The zero-order chi connectivity index (χ0) is 18.8. The van der Waals surface area contributed by atoms with Gasteiger partial charge in [0.05, 0.1) is 19.0 Å². The minimum Gasteiger partial charge on any atom is -0.508 e. The topological polar surface area (TPSA) is 60.9 Å². The fourth-order valence-electron chi connectivity index (χ4n) is 4.17. The van der Waals surface area contributed by atoms with Crippen molar-refractivity contribution in [2.45, 2.75) is 37.8 Å². The SMILES string of the molecule is O=C1C[C@@H](N2CCC(c3ccc(O)cc3)CC2)C(=O)N1Cc1ccccc1. The van der Waals surface area contributed by atoms with Crippen molar-refractivity contribution in [2.24, 2.45) is 0 Å². The zero-order valence-corrected chi connectivity index (χ0v) is 15.3. The summed E-state index contributed by atoms with van der Waals surface area (Å²) in [6, 6.07) is 16.7. The van der Waals surface area contributed by atoms with Crippen molar-refractivity contribution in [3.8, 4) is 5.75 Å². The minimum absolute atomic E-state index is 0.0630. The molecule has 0 radical (unpaired) electrons. The van der Waals surface area contributed by atoms with Gasteiger partial charge in [0, 0.05) is 0 Å². The van der Waals surface area contributed by atoms with Gasteiger partial charge in [-0.15, -0.1) is 0 Å². The van der Waals surface area contributed by atoms with Crippen LogP contribution < -0.4 is 0 Å².